The maximum Gasteiger partial charge on any atom is 0.299 e. The highest BCUT2D eigenvalue weighted by Crippen LogP contribution is 2.34. The van der Waals surface area contributed by atoms with Gasteiger partial charge in [-0.2, -0.15) is 0 Å². The number of carbonyl (C=O) groups excluding carboxylic acids is 2. The molecule has 0 unspecified atom stereocenters. The first-order valence-electron chi connectivity index (χ1n) is 6.40. The van der Waals surface area contributed by atoms with Crippen LogP contribution in [-0.2, 0) is 11.3 Å². The molecule has 5 heteroatoms. The van der Waals surface area contributed by atoms with E-state index >= 15 is 0 Å². The number of rotatable bonds is 3. The lowest BCUT2D eigenvalue weighted by Gasteiger charge is -2.18. The molecule has 0 aliphatic carbocycles. The standard InChI is InChI=1S/C16H12FNO3/c1-21-13-8-3-2-5-10(13)9-18-14-11(15(19)16(18)20)6-4-7-12(14)17/h2-8H,9H2,1H3. The Kier molecular flexibility index (Phi) is 3.17. The molecule has 0 N–H and O–H groups in total. The van der Waals surface area contributed by atoms with Crippen LogP contribution in [0.25, 0.3) is 0 Å². The van der Waals surface area contributed by atoms with Gasteiger partial charge >= 0.3 is 0 Å². The van der Waals surface area contributed by atoms with E-state index in [1.54, 1.807) is 24.3 Å². The third kappa shape index (κ3) is 2.07. The van der Waals surface area contributed by atoms with Crippen LogP contribution in [0.2, 0.25) is 0 Å². The van der Waals surface area contributed by atoms with E-state index in [4.69, 9.17) is 4.74 Å². The lowest BCUT2D eigenvalue weighted by Crippen LogP contribution is -2.29. The van der Waals surface area contributed by atoms with Crippen LogP contribution in [0.3, 0.4) is 0 Å². The molecule has 2 aromatic rings. The number of amides is 1. The van der Waals surface area contributed by atoms with Crippen molar-refractivity contribution in [3.63, 3.8) is 0 Å². The molecule has 21 heavy (non-hydrogen) atoms. The van der Waals surface area contributed by atoms with Gasteiger partial charge in [0.1, 0.15) is 11.6 Å². The van der Waals surface area contributed by atoms with Crippen molar-refractivity contribution < 1.29 is 18.7 Å². The number of benzene rings is 2. The van der Waals surface area contributed by atoms with Gasteiger partial charge in [-0.1, -0.05) is 24.3 Å². The maximum atomic E-state index is 14.0. The first kappa shape index (κ1) is 13.3. The average Bonchev–Trinajstić information content (AvgIpc) is 2.74. The van der Waals surface area contributed by atoms with Crippen LogP contribution in [0, 0.1) is 5.82 Å². The lowest BCUT2D eigenvalue weighted by molar-refractivity contribution is -0.114. The molecule has 0 atom stereocenters. The van der Waals surface area contributed by atoms with Crippen LogP contribution in [-0.4, -0.2) is 18.8 Å². The molecule has 0 radical (unpaired) electrons. The molecule has 3 rings (SSSR count). The van der Waals surface area contributed by atoms with Crippen molar-refractivity contribution in [3.05, 3.63) is 59.4 Å². The molecular formula is C16H12FNO3. The largest absolute Gasteiger partial charge is 0.496 e. The first-order chi connectivity index (χ1) is 10.1. The zero-order valence-electron chi connectivity index (χ0n) is 11.3. The number of hydrogen-bond donors (Lipinski definition) is 0. The normalized spacial score (nSPS) is 13.5. The minimum Gasteiger partial charge on any atom is -0.496 e. The molecule has 0 fully saturated rings. The molecule has 1 aliphatic heterocycles. The van der Waals surface area contributed by atoms with Gasteiger partial charge in [-0.3, -0.25) is 14.5 Å². The minimum atomic E-state index is -0.721. The summed E-state index contributed by atoms with van der Waals surface area (Å²) in [5.41, 5.74) is 0.852. The Morgan fingerprint density at radius 1 is 1.10 bits per heavy atom. The summed E-state index contributed by atoms with van der Waals surface area (Å²) in [7, 11) is 1.52. The van der Waals surface area contributed by atoms with Crippen molar-refractivity contribution in [3.8, 4) is 5.75 Å². The average molecular weight is 285 g/mol. The maximum absolute atomic E-state index is 14.0. The predicted molar refractivity (Wildman–Crippen MR) is 74.9 cm³/mol. The molecule has 0 saturated carbocycles. The van der Waals surface area contributed by atoms with Crippen molar-refractivity contribution in [1.82, 2.24) is 0 Å². The van der Waals surface area contributed by atoms with Gasteiger partial charge in [0.2, 0.25) is 0 Å². The zero-order valence-corrected chi connectivity index (χ0v) is 11.3. The Bertz CT molecular complexity index is 742. The highest BCUT2D eigenvalue weighted by atomic mass is 19.1. The van der Waals surface area contributed by atoms with Gasteiger partial charge in [-0.05, 0) is 18.2 Å². The second-order valence-electron chi connectivity index (χ2n) is 4.67. The summed E-state index contributed by atoms with van der Waals surface area (Å²) in [6, 6.07) is 11.2. The van der Waals surface area contributed by atoms with Gasteiger partial charge in [0.05, 0.1) is 24.9 Å². The molecule has 4 nitrogen and oxygen atoms in total. The fourth-order valence-corrected chi connectivity index (χ4v) is 2.47. The van der Waals surface area contributed by atoms with Crippen LogP contribution in [0.5, 0.6) is 5.75 Å². The Hall–Kier alpha value is -2.69. The number of halogens is 1. The molecular weight excluding hydrogens is 273 g/mol. The van der Waals surface area contributed by atoms with Gasteiger partial charge in [-0.15, -0.1) is 0 Å². The van der Waals surface area contributed by atoms with Crippen molar-refractivity contribution in [2.24, 2.45) is 0 Å². The molecule has 2 aromatic carbocycles. The second-order valence-corrected chi connectivity index (χ2v) is 4.67. The Labute approximate surface area is 120 Å². The van der Waals surface area contributed by atoms with Crippen molar-refractivity contribution in [1.29, 1.82) is 0 Å². The zero-order chi connectivity index (χ0) is 15.0. The van der Waals surface area contributed by atoms with Gasteiger partial charge in [0, 0.05) is 5.56 Å². The summed E-state index contributed by atoms with van der Waals surface area (Å²) in [5, 5.41) is 0. The Morgan fingerprint density at radius 2 is 1.86 bits per heavy atom. The molecule has 0 bridgehead atoms. The Morgan fingerprint density at radius 3 is 2.62 bits per heavy atom. The van der Waals surface area contributed by atoms with E-state index in [0.29, 0.717) is 11.3 Å². The number of fused-ring (bicyclic) bond motifs is 1. The van der Waals surface area contributed by atoms with E-state index in [0.717, 1.165) is 4.90 Å². The molecule has 0 saturated heterocycles. The number of methoxy groups -OCH3 is 1. The van der Waals surface area contributed by atoms with Crippen molar-refractivity contribution in [2.45, 2.75) is 6.54 Å². The van der Waals surface area contributed by atoms with Crippen LogP contribution in [0.4, 0.5) is 10.1 Å². The van der Waals surface area contributed by atoms with E-state index in [-0.39, 0.29) is 17.8 Å². The number of ketones is 1. The number of Topliss-reactive ketones (excluding diaryl/α,β-unsaturated/α-hetero) is 1. The van der Waals surface area contributed by atoms with E-state index in [1.165, 1.54) is 25.3 Å². The number of anilines is 1. The Balaban J connectivity index is 2.04. The molecule has 106 valence electrons. The second kappa shape index (κ2) is 5.01. The monoisotopic (exact) mass is 285 g/mol. The van der Waals surface area contributed by atoms with Gasteiger partial charge in [-0.25, -0.2) is 4.39 Å². The summed E-state index contributed by atoms with van der Waals surface area (Å²) in [6.07, 6.45) is 0. The van der Waals surface area contributed by atoms with E-state index in [1.807, 2.05) is 0 Å². The topological polar surface area (TPSA) is 46.6 Å². The fraction of sp³-hybridized carbons (Fsp3) is 0.125. The molecule has 1 aliphatic rings. The number of para-hydroxylation sites is 2. The SMILES string of the molecule is COc1ccccc1CN1C(=O)C(=O)c2cccc(F)c21. The predicted octanol–water partition coefficient (Wildman–Crippen LogP) is 2.56. The summed E-state index contributed by atoms with van der Waals surface area (Å²) in [6.45, 7) is 0.0858. The van der Waals surface area contributed by atoms with Gasteiger partial charge < -0.3 is 4.74 Å². The fourth-order valence-electron chi connectivity index (χ4n) is 2.47. The highest BCUT2D eigenvalue weighted by molar-refractivity contribution is 6.52. The number of ether oxygens (including phenoxy) is 1. The number of nitrogens with zero attached hydrogens (tertiary/aromatic N) is 1. The van der Waals surface area contributed by atoms with Crippen LogP contribution in [0.15, 0.2) is 42.5 Å². The van der Waals surface area contributed by atoms with Crippen molar-refractivity contribution in [2.75, 3.05) is 12.0 Å². The third-order valence-corrected chi connectivity index (χ3v) is 3.46. The number of carbonyl (C=O) groups is 2. The molecule has 0 spiro atoms. The summed E-state index contributed by atoms with van der Waals surface area (Å²) in [5.74, 6) is -1.40. The summed E-state index contributed by atoms with van der Waals surface area (Å²) >= 11 is 0. The van der Waals surface area contributed by atoms with E-state index in [9.17, 15) is 14.0 Å². The third-order valence-electron chi connectivity index (χ3n) is 3.46. The smallest absolute Gasteiger partial charge is 0.299 e. The first-order valence-corrected chi connectivity index (χ1v) is 6.40. The van der Waals surface area contributed by atoms with E-state index in [2.05, 4.69) is 0 Å². The van der Waals surface area contributed by atoms with Gasteiger partial charge in [0.25, 0.3) is 11.7 Å². The molecule has 0 aromatic heterocycles. The van der Waals surface area contributed by atoms with Crippen molar-refractivity contribution >= 4 is 17.4 Å². The van der Waals surface area contributed by atoms with Crippen LogP contribution >= 0.6 is 0 Å². The summed E-state index contributed by atoms with van der Waals surface area (Å²) < 4.78 is 19.2. The molecule has 1 heterocycles. The minimum absolute atomic E-state index is 0.0402. The van der Waals surface area contributed by atoms with E-state index < -0.39 is 17.5 Å². The lowest BCUT2D eigenvalue weighted by atomic mass is 10.1. The highest BCUT2D eigenvalue weighted by Gasteiger charge is 2.38. The molecule has 1 amide bonds. The number of hydrogen-bond acceptors (Lipinski definition) is 3. The quantitative estimate of drug-likeness (QED) is 0.814. The van der Waals surface area contributed by atoms with Gasteiger partial charge in [0.15, 0.2) is 0 Å². The van der Waals surface area contributed by atoms with Crippen LogP contribution < -0.4 is 9.64 Å². The summed E-state index contributed by atoms with van der Waals surface area (Å²) in [4.78, 5) is 25.2. The van der Waals surface area contributed by atoms with Crippen LogP contribution in [0.1, 0.15) is 15.9 Å².